The van der Waals surface area contributed by atoms with Crippen molar-refractivity contribution in [3.8, 4) is 0 Å². The fraction of sp³-hybridized carbons (Fsp3) is 0.765. The van der Waals surface area contributed by atoms with E-state index >= 15 is 0 Å². The normalized spacial score (nSPS) is 28.3. The van der Waals surface area contributed by atoms with Gasteiger partial charge in [-0.3, -0.25) is 4.79 Å². The van der Waals surface area contributed by atoms with Crippen LogP contribution in [-0.4, -0.2) is 59.8 Å². The Hall–Kier alpha value is -1.45. The molecule has 3 fully saturated rings. The molecular weight excluding hydrogens is 356 g/mol. The molecule has 0 unspecified atom stereocenters. The Kier molecular flexibility index (Phi) is 4.79. The number of carbonyl (C=O) groups is 1. The van der Waals surface area contributed by atoms with Gasteiger partial charge in [0.15, 0.2) is 5.69 Å². The second-order valence-corrected chi connectivity index (χ2v) is 9.54. The quantitative estimate of drug-likeness (QED) is 0.832. The fourth-order valence-electron chi connectivity index (χ4n) is 3.91. The standard InChI is InChI=1S/C17H26N4O4S/c1-12-10-14(6-9-21(12)26(23,24)20-7-2-3-8-20)18-17(22)15-11-16(25-19-15)13-4-5-13/h11-14H,2-10H2,1H3,(H,18,22)/t12-,14+/m0/s1. The van der Waals surface area contributed by atoms with Gasteiger partial charge in [0.25, 0.3) is 16.1 Å². The van der Waals surface area contributed by atoms with Crippen molar-refractivity contribution < 1.29 is 17.7 Å². The highest BCUT2D eigenvalue weighted by atomic mass is 32.2. The van der Waals surface area contributed by atoms with E-state index in [4.69, 9.17) is 4.52 Å². The Morgan fingerprint density at radius 3 is 2.62 bits per heavy atom. The minimum absolute atomic E-state index is 0.0522. The molecule has 8 nitrogen and oxygen atoms in total. The molecule has 1 aliphatic carbocycles. The summed E-state index contributed by atoms with van der Waals surface area (Å²) in [5, 5.41) is 6.85. The maximum Gasteiger partial charge on any atom is 0.282 e. The Morgan fingerprint density at radius 1 is 1.23 bits per heavy atom. The summed E-state index contributed by atoms with van der Waals surface area (Å²) in [6, 6.07) is 1.53. The van der Waals surface area contributed by atoms with Crippen LogP contribution >= 0.6 is 0 Å². The molecule has 2 atom stereocenters. The van der Waals surface area contributed by atoms with Crippen molar-refractivity contribution in [1.82, 2.24) is 19.1 Å². The van der Waals surface area contributed by atoms with Crippen LogP contribution in [0.4, 0.5) is 0 Å². The molecule has 4 rings (SSSR count). The number of nitrogens with zero attached hydrogens (tertiary/aromatic N) is 3. The van der Waals surface area contributed by atoms with E-state index in [0.717, 1.165) is 31.4 Å². The van der Waals surface area contributed by atoms with E-state index in [9.17, 15) is 13.2 Å². The topological polar surface area (TPSA) is 95.7 Å². The maximum absolute atomic E-state index is 12.8. The van der Waals surface area contributed by atoms with Gasteiger partial charge in [0, 0.05) is 43.7 Å². The monoisotopic (exact) mass is 382 g/mol. The number of carbonyl (C=O) groups excluding carboxylic acids is 1. The van der Waals surface area contributed by atoms with Crippen molar-refractivity contribution in [1.29, 1.82) is 0 Å². The van der Waals surface area contributed by atoms with E-state index in [1.807, 2.05) is 6.92 Å². The second-order valence-electron chi connectivity index (χ2n) is 7.66. The zero-order valence-electron chi connectivity index (χ0n) is 15.1. The van der Waals surface area contributed by atoms with E-state index in [-0.39, 0.29) is 18.0 Å². The van der Waals surface area contributed by atoms with E-state index in [1.54, 1.807) is 14.7 Å². The van der Waals surface area contributed by atoms with Gasteiger partial charge in [0.1, 0.15) is 5.76 Å². The Morgan fingerprint density at radius 2 is 1.96 bits per heavy atom. The average molecular weight is 382 g/mol. The molecule has 3 heterocycles. The van der Waals surface area contributed by atoms with E-state index < -0.39 is 10.2 Å². The van der Waals surface area contributed by atoms with Gasteiger partial charge in [-0.2, -0.15) is 17.0 Å². The summed E-state index contributed by atoms with van der Waals surface area (Å²) in [4.78, 5) is 12.4. The molecule has 1 aromatic rings. The van der Waals surface area contributed by atoms with Crippen LogP contribution in [0.2, 0.25) is 0 Å². The van der Waals surface area contributed by atoms with E-state index in [1.165, 1.54) is 0 Å². The maximum atomic E-state index is 12.8. The SMILES string of the molecule is C[C@H]1C[C@H](NC(=O)c2cc(C3CC3)on2)CCN1S(=O)(=O)N1CCCC1. The summed E-state index contributed by atoms with van der Waals surface area (Å²) in [6.07, 6.45) is 5.26. The van der Waals surface area contributed by atoms with Crippen LogP contribution in [0.1, 0.15) is 67.6 Å². The van der Waals surface area contributed by atoms with Crippen molar-refractivity contribution in [2.75, 3.05) is 19.6 Å². The summed E-state index contributed by atoms with van der Waals surface area (Å²) in [5.41, 5.74) is 0.312. The fourth-order valence-corrected chi connectivity index (χ4v) is 5.80. The first-order valence-corrected chi connectivity index (χ1v) is 10.9. The Bertz CT molecular complexity index is 767. The van der Waals surface area contributed by atoms with Crippen LogP contribution in [0, 0.1) is 0 Å². The Balaban J connectivity index is 1.35. The van der Waals surface area contributed by atoms with Gasteiger partial charge in [0.2, 0.25) is 0 Å². The van der Waals surface area contributed by atoms with E-state index in [2.05, 4.69) is 10.5 Å². The smallest absolute Gasteiger partial charge is 0.282 e. The number of hydrogen-bond acceptors (Lipinski definition) is 5. The number of hydrogen-bond donors (Lipinski definition) is 1. The molecule has 3 aliphatic rings. The number of amides is 1. The minimum Gasteiger partial charge on any atom is -0.360 e. The number of nitrogens with one attached hydrogen (secondary N) is 1. The predicted molar refractivity (Wildman–Crippen MR) is 94.9 cm³/mol. The minimum atomic E-state index is -3.39. The Labute approximate surface area is 154 Å². The van der Waals surface area contributed by atoms with Gasteiger partial charge in [-0.25, -0.2) is 0 Å². The third-order valence-electron chi connectivity index (χ3n) is 5.58. The zero-order valence-corrected chi connectivity index (χ0v) is 15.9. The third kappa shape index (κ3) is 3.52. The van der Waals surface area contributed by atoms with Crippen LogP contribution in [0.3, 0.4) is 0 Å². The zero-order chi connectivity index (χ0) is 18.3. The van der Waals surface area contributed by atoms with Gasteiger partial charge < -0.3 is 9.84 Å². The van der Waals surface area contributed by atoms with Gasteiger partial charge >= 0.3 is 0 Å². The van der Waals surface area contributed by atoms with Crippen molar-refractivity contribution in [3.63, 3.8) is 0 Å². The first-order valence-electron chi connectivity index (χ1n) is 9.49. The van der Waals surface area contributed by atoms with Crippen molar-refractivity contribution >= 4 is 16.1 Å². The molecule has 0 aromatic carbocycles. The molecule has 1 aromatic heterocycles. The van der Waals surface area contributed by atoms with Gasteiger partial charge in [-0.05, 0) is 45.4 Å². The highest BCUT2D eigenvalue weighted by Gasteiger charge is 2.38. The molecule has 2 saturated heterocycles. The van der Waals surface area contributed by atoms with Crippen molar-refractivity contribution in [2.45, 2.75) is 63.5 Å². The lowest BCUT2D eigenvalue weighted by molar-refractivity contribution is 0.0904. The number of piperidine rings is 1. The molecule has 9 heteroatoms. The lowest BCUT2D eigenvalue weighted by atomic mass is 10.0. The van der Waals surface area contributed by atoms with Crippen LogP contribution in [-0.2, 0) is 10.2 Å². The largest absolute Gasteiger partial charge is 0.360 e. The van der Waals surface area contributed by atoms with Crippen molar-refractivity contribution in [2.24, 2.45) is 0 Å². The van der Waals surface area contributed by atoms with Gasteiger partial charge in [-0.15, -0.1) is 0 Å². The lowest BCUT2D eigenvalue weighted by Gasteiger charge is -2.38. The summed E-state index contributed by atoms with van der Waals surface area (Å²) in [5.74, 6) is 0.965. The average Bonchev–Trinajstić information content (AvgIpc) is 3.11. The van der Waals surface area contributed by atoms with E-state index in [0.29, 0.717) is 44.1 Å². The van der Waals surface area contributed by atoms with Crippen LogP contribution in [0.15, 0.2) is 10.6 Å². The molecule has 1 amide bonds. The third-order valence-corrected chi connectivity index (χ3v) is 7.73. The number of rotatable bonds is 5. The van der Waals surface area contributed by atoms with Crippen LogP contribution in [0.25, 0.3) is 0 Å². The molecule has 0 radical (unpaired) electrons. The molecule has 1 N–H and O–H groups in total. The van der Waals surface area contributed by atoms with Crippen LogP contribution in [0.5, 0.6) is 0 Å². The molecule has 1 saturated carbocycles. The summed E-state index contributed by atoms with van der Waals surface area (Å²) >= 11 is 0. The van der Waals surface area contributed by atoms with Crippen molar-refractivity contribution in [3.05, 3.63) is 17.5 Å². The predicted octanol–water partition coefficient (Wildman–Crippen LogP) is 1.48. The highest BCUT2D eigenvalue weighted by molar-refractivity contribution is 7.86. The number of aromatic nitrogens is 1. The molecule has 26 heavy (non-hydrogen) atoms. The lowest BCUT2D eigenvalue weighted by Crippen LogP contribution is -2.54. The van der Waals surface area contributed by atoms with Gasteiger partial charge in [0.05, 0.1) is 0 Å². The van der Waals surface area contributed by atoms with Crippen LogP contribution < -0.4 is 5.32 Å². The molecule has 144 valence electrons. The molecule has 2 aliphatic heterocycles. The molecule has 0 spiro atoms. The highest BCUT2D eigenvalue weighted by Crippen LogP contribution is 2.40. The summed E-state index contributed by atoms with van der Waals surface area (Å²) in [6.45, 7) is 3.56. The summed E-state index contributed by atoms with van der Waals surface area (Å²) < 4.78 is 33.9. The first-order chi connectivity index (χ1) is 12.4. The molecule has 0 bridgehead atoms. The molecular formula is C17H26N4O4S. The van der Waals surface area contributed by atoms with Gasteiger partial charge in [-0.1, -0.05) is 5.16 Å². The second kappa shape index (κ2) is 6.94. The summed E-state index contributed by atoms with van der Waals surface area (Å²) in [7, 11) is -3.39. The first kappa shape index (κ1) is 17.9.